The van der Waals surface area contributed by atoms with Gasteiger partial charge in [-0.05, 0) is 13.2 Å². The van der Waals surface area contributed by atoms with E-state index in [4.69, 9.17) is 10.9 Å². The van der Waals surface area contributed by atoms with Gasteiger partial charge in [0.2, 0.25) is 0 Å². The van der Waals surface area contributed by atoms with Crippen LogP contribution in [0.5, 0.6) is 0 Å². The van der Waals surface area contributed by atoms with Crippen LogP contribution in [0.2, 0.25) is 0 Å². The molecule has 2 atom stereocenters. The van der Waals surface area contributed by atoms with E-state index in [0.29, 0.717) is 11.6 Å². The number of nitrogens with zero attached hydrogens (tertiary/aromatic N) is 2. The van der Waals surface area contributed by atoms with Gasteiger partial charge in [-0.2, -0.15) is 11.8 Å². The number of nitrogens with two attached hydrogens (primary N) is 1. The lowest BCUT2D eigenvalue weighted by molar-refractivity contribution is 0.288. The minimum Gasteiger partial charge on any atom is -0.395 e. The van der Waals surface area contributed by atoms with Gasteiger partial charge in [0.25, 0.3) is 0 Å². The highest BCUT2D eigenvalue weighted by molar-refractivity contribution is 7.99. The summed E-state index contributed by atoms with van der Waals surface area (Å²) in [5.74, 6) is 6.37. The van der Waals surface area contributed by atoms with E-state index in [1.54, 1.807) is 18.0 Å². The Morgan fingerprint density at radius 3 is 2.75 bits per heavy atom. The van der Waals surface area contributed by atoms with Crippen molar-refractivity contribution in [2.24, 2.45) is 5.84 Å². The van der Waals surface area contributed by atoms with E-state index in [2.05, 4.69) is 20.7 Å². The fourth-order valence-electron chi connectivity index (χ4n) is 1.27. The van der Waals surface area contributed by atoms with E-state index in [1.807, 2.05) is 13.2 Å². The van der Waals surface area contributed by atoms with E-state index < -0.39 is 0 Å². The van der Waals surface area contributed by atoms with Crippen LogP contribution in [0.4, 0.5) is 11.6 Å². The van der Waals surface area contributed by atoms with Gasteiger partial charge in [-0.1, -0.05) is 0 Å². The SMILES string of the molecule is CSC(CO)C(C)Nc1cncc(NN)n1. The third-order valence-corrected chi connectivity index (χ3v) is 3.36. The zero-order valence-corrected chi connectivity index (χ0v) is 10.2. The maximum absolute atomic E-state index is 9.15. The number of aromatic nitrogens is 2. The molecule has 0 amide bonds. The molecule has 0 saturated heterocycles. The van der Waals surface area contributed by atoms with Crippen molar-refractivity contribution in [3.63, 3.8) is 0 Å². The van der Waals surface area contributed by atoms with E-state index >= 15 is 0 Å². The van der Waals surface area contributed by atoms with Crippen LogP contribution >= 0.6 is 11.8 Å². The molecule has 0 fully saturated rings. The lowest BCUT2D eigenvalue weighted by Crippen LogP contribution is -2.31. The van der Waals surface area contributed by atoms with E-state index in [1.165, 1.54) is 6.20 Å². The van der Waals surface area contributed by atoms with Crippen LogP contribution in [0.15, 0.2) is 12.4 Å². The summed E-state index contributed by atoms with van der Waals surface area (Å²) >= 11 is 1.61. The Bertz CT molecular complexity index is 321. The molecule has 1 heterocycles. The Labute approximate surface area is 99.0 Å². The van der Waals surface area contributed by atoms with Crippen LogP contribution in [0.1, 0.15) is 6.92 Å². The zero-order chi connectivity index (χ0) is 12.0. The molecule has 0 saturated carbocycles. The Hall–Kier alpha value is -1.05. The van der Waals surface area contributed by atoms with Crippen molar-refractivity contribution in [3.8, 4) is 0 Å². The lowest BCUT2D eigenvalue weighted by Gasteiger charge is -2.21. The number of aliphatic hydroxyl groups is 1. The second-order valence-electron chi connectivity index (χ2n) is 3.32. The maximum atomic E-state index is 9.15. The highest BCUT2D eigenvalue weighted by Gasteiger charge is 2.15. The zero-order valence-electron chi connectivity index (χ0n) is 9.34. The number of nitrogens with one attached hydrogen (secondary N) is 2. The first-order chi connectivity index (χ1) is 7.71. The molecule has 7 heteroatoms. The standard InChI is InChI=1S/C9H17N5OS/c1-6(7(5-15)16-2)12-8-3-11-4-9(13-8)14-10/h3-4,6-7,15H,5,10H2,1-2H3,(H2,12,13,14). The second kappa shape index (κ2) is 6.51. The fourth-order valence-corrected chi connectivity index (χ4v) is 1.89. The van der Waals surface area contributed by atoms with Gasteiger partial charge < -0.3 is 15.8 Å². The van der Waals surface area contributed by atoms with Crippen LogP contribution < -0.4 is 16.6 Å². The van der Waals surface area contributed by atoms with Crippen molar-refractivity contribution in [1.29, 1.82) is 0 Å². The molecule has 0 aromatic carbocycles. The summed E-state index contributed by atoms with van der Waals surface area (Å²) in [4.78, 5) is 8.16. The van der Waals surface area contributed by atoms with Crippen molar-refractivity contribution in [2.45, 2.75) is 18.2 Å². The highest BCUT2D eigenvalue weighted by Crippen LogP contribution is 2.15. The molecule has 1 aromatic heterocycles. The first-order valence-electron chi connectivity index (χ1n) is 4.90. The number of nitrogen functional groups attached to an aromatic ring is 1. The largest absolute Gasteiger partial charge is 0.395 e. The van der Waals surface area contributed by atoms with Crippen LogP contribution in [-0.4, -0.2) is 39.2 Å². The van der Waals surface area contributed by atoms with Gasteiger partial charge in [-0.25, -0.2) is 10.8 Å². The first-order valence-corrected chi connectivity index (χ1v) is 6.19. The average molecular weight is 243 g/mol. The molecule has 0 radical (unpaired) electrons. The predicted octanol–water partition coefficient (Wildman–Crippen LogP) is 0.286. The summed E-state index contributed by atoms with van der Waals surface area (Å²) in [6.07, 6.45) is 5.11. The molecule has 0 bridgehead atoms. The van der Waals surface area contributed by atoms with E-state index in [-0.39, 0.29) is 17.9 Å². The molecule has 6 nitrogen and oxygen atoms in total. The first kappa shape index (κ1) is 13.0. The van der Waals surface area contributed by atoms with Crippen LogP contribution in [0.3, 0.4) is 0 Å². The lowest BCUT2D eigenvalue weighted by atomic mass is 10.2. The van der Waals surface area contributed by atoms with Gasteiger partial charge in [-0.15, -0.1) is 0 Å². The number of hydrogen-bond donors (Lipinski definition) is 4. The van der Waals surface area contributed by atoms with Gasteiger partial charge >= 0.3 is 0 Å². The molecule has 90 valence electrons. The summed E-state index contributed by atoms with van der Waals surface area (Å²) in [7, 11) is 0. The smallest absolute Gasteiger partial charge is 0.160 e. The normalized spacial score (nSPS) is 14.2. The Kier molecular flexibility index (Phi) is 5.30. The van der Waals surface area contributed by atoms with E-state index in [0.717, 1.165) is 0 Å². The summed E-state index contributed by atoms with van der Waals surface area (Å²) in [6, 6.07) is 0.0994. The van der Waals surface area contributed by atoms with Crippen LogP contribution in [-0.2, 0) is 0 Å². The van der Waals surface area contributed by atoms with Gasteiger partial charge in [0.15, 0.2) is 5.82 Å². The summed E-state index contributed by atoms with van der Waals surface area (Å²) in [5, 5.41) is 12.4. The van der Waals surface area contributed by atoms with Gasteiger partial charge in [-0.3, -0.25) is 4.98 Å². The number of rotatable bonds is 6. The molecule has 0 aliphatic carbocycles. The van der Waals surface area contributed by atoms with Crippen molar-refractivity contribution >= 4 is 23.4 Å². The Morgan fingerprint density at radius 2 is 2.19 bits per heavy atom. The summed E-state index contributed by atoms with van der Waals surface area (Å²) in [5.41, 5.74) is 2.43. The Morgan fingerprint density at radius 1 is 1.50 bits per heavy atom. The predicted molar refractivity (Wildman–Crippen MR) is 67.3 cm³/mol. The third kappa shape index (κ3) is 3.51. The number of hydrazine groups is 1. The Balaban J connectivity index is 2.64. The molecular formula is C9H17N5OS. The van der Waals surface area contributed by atoms with Gasteiger partial charge in [0, 0.05) is 11.3 Å². The third-order valence-electron chi connectivity index (χ3n) is 2.20. The van der Waals surface area contributed by atoms with Crippen molar-refractivity contribution in [1.82, 2.24) is 9.97 Å². The number of aliphatic hydroxyl groups excluding tert-OH is 1. The van der Waals surface area contributed by atoms with E-state index in [9.17, 15) is 0 Å². The molecule has 1 rings (SSSR count). The summed E-state index contributed by atoms with van der Waals surface area (Å²) in [6.45, 7) is 2.11. The molecule has 1 aromatic rings. The van der Waals surface area contributed by atoms with Crippen molar-refractivity contribution in [2.75, 3.05) is 23.6 Å². The molecule has 0 aliphatic heterocycles. The maximum Gasteiger partial charge on any atom is 0.160 e. The van der Waals surface area contributed by atoms with Crippen molar-refractivity contribution in [3.05, 3.63) is 12.4 Å². The monoisotopic (exact) mass is 243 g/mol. The quantitative estimate of drug-likeness (QED) is 0.421. The minimum absolute atomic E-state index is 0.0994. The molecule has 16 heavy (non-hydrogen) atoms. The molecule has 2 unspecified atom stereocenters. The van der Waals surface area contributed by atoms with Gasteiger partial charge in [0.1, 0.15) is 5.82 Å². The molecule has 5 N–H and O–H groups in total. The highest BCUT2D eigenvalue weighted by atomic mass is 32.2. The second-order valence-corrected chi connectivity index (χ2v) is 4.40. The number of hydrogen-bond acceptors (Lipinski definition) is 7. The summed E-state index contributed by atoms with van der Waals surface area (Å²) < 4.78 is 0. The van der Waals surface area contributed by atoms with Crippen LogP contribution in [0.25, 0.3) is 0 Å². The molecule has 0 spiro atoms. The number of anilines is 2. The minimum atomic E-state index is 0.0994. The average Bonchev–Trinajstić information content (AvgIpc) is 2.31. The molecule has 0 aliphatic rings. The van der Waals surface area contributed by atoms with Crippen molar-refractivity contribution < 1.29 is 5.11 Å². The van der Waals surface area contributed by atoms with Crippen LogP contribution in [0, 0.1) is 0 Å². The van der Waals surface area contributed by atoms with Gasteiger partial charge in [0.05, 0.1) is 19.0 Å². The number of thioether (sulfide) groups is 1. The molecular weight excluding hydrogens is 226 g/mol. The fraction of sp³-hybridized carbons (Fsp3) is 0.556. The topological polar surface area (TPSA) is 96.1 Å².